The molecule has 5 heteroatoms. The first kappa shape index (κ1) is 13.8. The molecule has 1 aromatic carbocycles. The van der Waals surface area contributed by atoms with Crippen LogP contribution in [-0.2, 0) is 21.7 Å². The van der Waals surface area contributed by atoms with Gasteiger partial charge >= 0.3 is 0 Å². The van der Waals surface area contributed by atoms with Crippen molar-refractivity contribution >= 4 is 17.5 Å². The lowest BCUT2D eigenvalue weighted by Gasteiger charge is -2.43. The van der Waals surface area contributed by atoms with Gasteiger partial charge in [-0.2, -0.15) is 0 Å². The smallest absolute Gasteiger partial charge is 0.231 e. The lowest BCUT2D eigenvalue weighted by Crippen LogP contribution is -2.58. The number of anilines is 1. The molecular formula is C17H21N3O2. The third kappa shape index (κ3) is 1.75. The highest BCUT2D eigenvalue weighted by molar-refractivity contribution is 6.01. The Morgan fingerprint density at radius 3 is 2.95 bits per heavy atom. The molecule has 0 spiro atoms. The maximum absolute atomic E-state index is 12.2. The summed E-state index contributed by atoms with van der Waals surface area (Å²) < 4.78 is 0. The van der Waals surface area contributed by atoms with Gasteiger partial charge in [0.15, 0.2) is 0 Å². The Hall–Kier alpha value is -1.88. The maximum atomic E-state index is 12.2. The second kappa shape index (κ2) is 4.81. The first-order valence-electron chi connectivity index (χ1n) is 8.15. The fourth-order valence-corrected chi connectivity index (χ4v) is 4.19. The van der Waals surface area contributed by atoms with Gasteiger partial charge in [0.25, 0.3) is 0 Å². The topological polar surface area (TPSA) is 52.7 Å². The molecule has 2 amide bonds. The molecule has 4 rings (SSSR count). The van der Waals surface area contributed by atoms with Crippen molar-refractivity contribution in [2.45, 2.75) is 38.3 Å². The van der Waals surface area contributed by atoms with Crippen molar-refractivity contribution in [1.82, 2.24) is 10.2 Å². The Kier molecular flexibility index (Phi) is 3.01. The maximum Gasteiger partial charge on any atom is 0.231 e. The summed E-state index contributed by atoms with van der Waals surface area (Å²) >= 11 is 0. The van der Waals surface area contributed by atoms with E-state index in [1.54, 1.807) is 0 Å². The molecule has 0 aromatic heterocycles. The van der Waals surface area contributed by atoms with E-state index in [9.17, 15) is 9.59 Å². The number of amides is 2. The standard InChI is InChI=1S/C17H21N3O2/c1-2-19-14-5-4-13(10-12(14)11-16(19)22)17-7-6-15(21)20(17)9-3-8-18-17/h4-5,10,18H,2-3,6-9,11H2,1H3. The summed E-state index contributed by atoms with van der Waals surface area (Å²) in [5, 5.41) is 3.58. The fourth-order valence-electron chi connectivity index (χ4n) is 4.19. The van der Waals surface area contributed by atoms with Crippen molar-refractivity contribution in [2.24, 2.45) is 0 Å². The van der Waals surface area contributed by atoms with E-state index < -0.39 is 0 Å². The summed E-state index contributed by atoms with van der Waals surface area (Å²) in [4.78, 5) is 28.1. The van der Waals surface area contributed by atoms with Gasteiger partial charge in [-0.05, 0) is 49.6 Å². The molecule has 1 aromatic rings. The first-order chi connectivity index (χ1) is 10.7. The van der Waals surface area contributed by atoms with E-state index >= 15 is 0 Å². The molecule has 1 N–H and O–H groups in total. The number of nitrogens with one attached hydrogen (secondary N) is 1. The molecule has 22 heavy (non-hydrogen) atoms. The average molecular weight is 299 g/mol. The van der Waals surface area contributed by atoms with Crippen LogP contribution in [0.5, 0.6) is 0 Å². The van der Waals surface area contributed by atoms with Gasteiger partial charge in [0.2, 0.25) is 11.8 Å². The molecular weight excluding hydrogens is 278 g/mol. The molecule has 3 aliphatic heterocycles. The van der Waals surface area contributed by atoms with Crippen molar-refractivity contribution in [2.75, 3.05) is 24.5 Å². The second-order valence-corrected chi connectivity index (χ2v) is 6.34. The number of rotatable bonds is 2. The van der Waals surface area contributed by atoms with Crippen LogP contribution < -0.4 is 10.2 Å². The monoisotopic (exact) mass is 299 g/mol. The molecule has 2 saturated heterocycles. The van der Waals surface area contributed by atoms with E-state index in [0.29, 0.717) is 19.4 Å². The Morgan fingerprint density at radius 1 is 1.27 bits per heavy atom. The van der Waals surface area contributed by atoms with Crippen molar-refractivity contribution in [3.63, 3.8) is 0 Å². The zero-order valence-corrected chi connectivity index (χ0v) is 12.9. The van der Waals surface area contributed by atoms with Gasteiger partial charge in [-0.1, -0.05) is 6.07 Å². The quantitative estimate of drug-likeness (QED) is 0.897. The average Bonchev–Trinajstić information content (AvgIpc) is 3.04. The minimum atomic E-state index is -0.354. The highest BCUT2D eigenvalue weighted by Crippen LogP contribution is 2.41. The molecule has 3 aliphatic rings. The normalized spacial score (nSPS) is 27.3. The molecule has 1 unspecified atom stereocenters. The summed E-state index contributed by atoms with van der Waals surface area (Å²) in [6.07, 6.45) is 2.89. The van der Waals surface area contributed by atoms with E-state index in [1.807, 2.05) is 22.8 Å². The molecule has 3 heterocycles. The van der Waals surface area contributed by atoms with Crippen molar-refractivity contribution in [1.29, 1.82) is 0 Å². The zero-order valence-electron chi connectivity index (χ0n) is 12.9. The highest BCUT2D eigenvalue weighted by Gasteiger charge is 2.48. The van der Waals surface area contributed by atoms with E-state index in [4.69, 9.17) is 0 Å². The second-order valence-electron chi connectivity index (χ2n) is 6.34. The summed E-state index contributed by atoms with van der Waals surface area (Å²) in [5.41, 5.74) is 2.89. The number of fused-ring (bicyclic) bond motifs is 2. The number of benzene rings is 1. The van der Waals surface area contributed by atoms with Crippen LogP contribution >= 0.6 is 0 Å². The molecule has 0 radical (unpaired) electrons. The lowest BCUT2D eigenvalue weighted by atomic mass is 9.92. The Morgan fingerprint density at radius 2 is 2.14 bits per heavy atom. The zero-order chi connectivity index (χ0) is 15.3. The van der Waals surface area contributed by atoms with Gasteiger partial charge in [-0.3, -0.25) is 14.9 Å². The van der Waals surface area contributed by atoms with Gasteiger partial charge in [0.05, 0.1) is 6.42 Å². The summed E-state index contributed by atoms with van der Waals surface area (Å²) in [7, 11) is 0. The van der Waals surface area contributed by atoms with Crippen molar-refractivity contribution < 1.29 is 9.59 Å². The third-order valence-corrected chi connectivity index (χ3v) is 5.25. The minimum Gasteiger partial charge on any atom is -0.320 e. The highest BCUT2D eigenvalue weighted by atomic mass is 16.2. The van der Waals surface area contributed by atoms with Crippen LogP contribution in [0, 0.1) is 0 Å². The molecule has 0 bridgehead atoms. The predicted molar refractivity (Wildman–Crippen MR) is 83.4 cm³/mol. The van der Waals surface area contributed by atoms with E-state index in [1.165, 1.54) is 0 Å². The molecule has 1 atom stereocenters. The summed E-state index contributed by atoms with van der Waals surface area (Å²) in [5.74, 6) is 0.405. The Labute approximate surface area is 130 Å². The van der Waals surface area contributed by atoms with Gasteiger partial charge in [0, 0.05) is 25.2 Å². The van der Waals surface area contributed by atoms with E-state index in [0.717, 1.165) is 42.7 Å². The molecule has 2 fully saturated rings. The van der Waals surface area contributed by atoms with E-state index in [2.05, 4.69) is 17.4 Å². The number of carbonyl (C=O) groups excluding carboxylic acids is 2. The Balaban J connectivity index is 1.76. The van der Waals surface area contributed by atoms with Crippen LogP contribution in [-0.4, -0.2) is 36.3 Å². The predicted octanol–water partition coefficient (Wildman–Crippen LogP) is 1.36. The van der Waals surface area contributed by atoms with Crippen LogP contribution in [0.1, 0.15) is 37.3 Å². The third-order valence-electron chi connectivity index (χ3n) is 5.25. The number of carbonyl (C=O) groups is 2. The van der Waals surface area contributed by atoms with E-state index in [-0.39, 0.29) is 17.5 Å². The SMILES string of the molecule is CCN1C(=O)Cc2cc(C34CCC(=O)N3CCCN4)ccc21. The molecule has 5 nitrogen and oxygen atoms in total. The van der Waals surface area contributed by atoms with Crippen LogP contribution in [0.3, 0.4) is 0 Å². The number of likely N-dealkylation sites (N-methyl/N-ethyl adjacent to an activating group) is 1. The fraction of sp³-hybridized carbons (Fsp3) is 0.529. The number of nitrogens with zero attached hydrogens (tertiary/aromatic N) is 2. The summed E-state index contributed by atoms with van der Waals surface area (Å²) in [6, 6.07) is 6.27. The van der Waals surface area contributed by atoms with Crippen molar-refractivity contribution in [3.8, 4) is 0 Å². The lowest BCUT2D eigenvalue weighted by molar-refractivity contribution is -0.134. The van der Waals surface area contributed by atoms with Gasteiger partial charge in [-0.15, -0.1) is 0 Å². The number of hydrogen-bond donors (Lipinski definition) is 1. The van der Waals surface area contributed by atoms with Crippen LogP contribution in [0.4, 0.5) is 5.69 Å². The molecule has 0 aliphatic carbocycles. The largest absolute Gasteiger partial charge is 0.320 e. The van der Waals surface area contributed by atoms with Crippen molar-refractivity contribution in [3.05, 3.63) is 29.3 Å². The first-order valence-corrected chi connectivity index (χ1v) is 8.15. The van der Waals surface area contributed by atoms with Gasteiger partial charge in [0.1, 0.15) is 5.66 Å². The molecule has 116 valence electrons. The molecule has 0 saturated carbocycles. The van der Waals surface area contributed by atoms with Crippen LogP contribution in [0.15, 0.2) is 18.2 Å². The van der Waals surface area contributed by atoms with Crippen LogP contribution in [0.2, 0.25) is 0 Å². The van der Waals surface area contributed by atoms with Gasteiger partial charge < -0.3 is 9.80 Å². The summed E-state index contributed by atoms with van der Waals surface area (Å²) in [6.45, 7) is 4.46. The minimum absolute atomic E-state index is 0.170. The Bertz CT molecular complexity index is 657. The van der Waals surface area contributed by atoms with Crippen LogP contribution in [0.25, 0.3) is 0 Å². The van der Waals surface area contributed by atoms with Gasteiger partial charge in [-0.25, -0.2) is 0 Å². The number of hydrogen-bond acceptors (Lipinski definition) is 3.